The number of imide groups is 2. The van der Waals surface area contributed by atoms with Gasteiger partial charge in [-0.3, -0.25) is 39.1 Å². The summed E-state index contributed by atoms with van der Waals surface area (Å²) in [7, 11) is 0. The van der Waals surface area contributed by atoms with E-state index in [0.29, 0.717) is 0 Å². The third kappa shape index (κ3) is 5.43. The quantitative estimate of drug-likeness (QED) is 0.225. The molecule has 2 N–H and O–H groups in total. The molecule has 0 spiro atoms. The summed E-state index contributed by atoms with van der Waals surface area (Å²) in [6.07, 6.45) is 9.86. The van der Waals surface area contributed by atoms with Crippen molar-refractivity contribution in [3.8, 4) is 11.3 Å². The second-order valence-electron chi connectivity index (χ2n) is 10.3. The van der Waals surface area contributed by atoms with Gasteiger partial charge in [0, 0.05) is 37.0 Å². The molecule has 4 aromatic rings. The Morgan fingerprint density at radius 2 is 1.71 bits per heavy atom. The van der Waals surface area contributed by atoms with E-state index in [0.717, 1.165) is 71.7 Å². The molecule has 2 aliphatic rings. The van der Waals surface area contributed by atoms with Gasteiger partial charge in [0.2, 0.25) is 11.8 Å². The second-order valence-corrected chi connectivity index (χ2v) is 10.3. The maximum Gasteiger partial charge on any atom is 0.262 e. The van der Waals surface area contributed by atoms with Gasteiger partial charge in [-0.2, -0.15) is 5.10 Å². The Kier molecular flexibility index (Phi) is 7.24. The number of carbonyl (C=O) groups excluding carboxylic acids is 4. The normalized spacial score (nSPS) is 16.8. The smallest absolute Gasteiger partial charge is 0.262 e. The number of anilines is 1. The number of fused-ring (bicyclic) bond motifs is 2. The number of nitrogens with one attached hydrogen (secondary N) is 2. The minimum atomic E-state index is -0.961. The monoisotopic (exact) mass is 551 g/mol. The Morgan fingerprint density at radius 3 is 2.56 bits per heavy atom. The molecule has 208 valence electrons. The number of piperidine rings is 1. The van der Waals surface area contributed by atoms with E-state index in [1.54, 1.807) is 24.4 Å². The Labute approximate surface area is 236 Å². The molecule has 1 saturated heterocycles. The van der Waals surface area contributed by atoms with Gasteiger partial charge in [-0.15, -0.1) is 0 Å². The molecule has 0 bridgehead atoms. The van der Waals surface area contributed by atoms with E-state index in [2.05, 4.69) is 25.7 Å². The highest BCUT2D eigenvalue weighted by atomic mass is 16.2. The van der Waals surface area contributed by atoms with Crippen LogP contribution in [-0.2, 0) is 16.1 Å². The second kappa shape index (κ2) is 11.3. The molecule has 4 amide bonds. The van der Waals surface area contributed by atoms with Gasteiger partial charge in [0.1, 0.15) is 6.04 Å². The van der Waals surface area contributed by atoms with Gasteiger partial charge in [-0.05, 0) is 49.6 Å². The Hall–Kier alpha value is -4.93. The molecular formula is C30H29N7O4. The van der Waals surface area contributed by atoms with E-state index in [1.807, 2.05) is 41.3 Å². The third-order valence-electron chi connectivity index (χ3n) is 7.46. The number of hydrogen-bond acceptors (Lipinski definition) is 8. The SMILES string of the molecule is O=C1CCC(N2C(=O)c3ccc(NCCCCCCn4cc(-c5cnc6ccccc6n5)cn4)cc3C2=O)C(=O)N1. The zero-order chi connectivity index (χ0) is 28.3. The van der Waals surface area contributed by atoms with Crippen LogP contribution in [0.25, 0.3) is 22.3 Å². The first kappa shape index (κ1) is 26.3. The van der Waals surface area contributed by atoms with Gasteiger partial charge in [0.15, 0.2) is 0 Å². The van der Waals surface area contributed by atoms with Crippen molar-refractivity contribution in [3.63, 3.8) is 0 Å². The van der Waals surface area contributed by atoms with Crippen LogP contribution in [0.4, 0.5) is 5.69 Å². The van der Waals surface area contributed by atoms with Crippen molar-refractivity contribution < 1.29 is 19.2 Å². The van der Waals surface area contributed by atoms with E-state index < -0.39 is 29.7 Å². The maximum atomic E-state index is 13.0. The first-order valence-corrected chi connectivity index (χ1v) is 13.8. The van der Waals surface area contributed by atoms with Gasteiger partial charge in [-0.1, -0.05) is 25.0 Å². The predicted molar refractivity (Wildman–Crippen MR) is 151 cm³/mol. The Balaban J connectivity index is 0.944. The molecule has 1 fully saturated rings. The number of rotatable bonds is 10. The Bertz CT molecular complexity index is 1660. The lowest BCUT2D eigenvalue weighted by molar-refractivity contribution is -0.136. The topological polar surface area (TPSA) is 139 Å². The van der Waals surface area contributed by atoms with Gasteiger partial charge in [0.05, 0.1) is 40.2 Å². The third-order valence-corrected chi connectivity index (χ3v) is 7.46. The maximum absolute atomic E-state index is 13.0. The van der Waals surface area contributed by atoms with Crippen LogP contribution in [0.5, 0.6) is 0 Å². The average Bonchev–Trinajstić information content (AvgIpc) is 3.55. The molecule has 6 rings (SSSR count). The van der Waals surface area contributed by atoms with Crippen molar-refractivity contribution in [2.45, 2.75) is 51.1 Å². The fourth-order valence-electron chi connectivity index (χ4n) is 5.28. The van der Waals surface area contributed by atoms with E-state index in [-0.39, 0.29) is 24.0 Å². The van der Waals surface area contributed by atoms with Crippen LogP contribution in [0.1, 0.15) is 59.2 Å². The average molecular weight is 552 g/mol. The molecule has 2 aromatic heterocycles. The van der Waals surface area contributed by atoms with Crippen LogP contribution in [0.3, 0.4) is 0 Å². The summed E-state index contributed by atoms with van der Waals surface area (Å²) in [5, 5.41) is 10.0. The number of hydrogen-bond donors (Lipinski definition) is 2. The summed E-state index contributed by atoms with van der Waals surface area (Å²) >= 11 is 0. The minimum Gasteiger partial charge on any atom is -0.385 e. The van der Waals surface area contributed by atoms with Gasteiger partial charge >= 0.3 is 0 Å². The standard InChI is InChI=1S/C30H29N7O4/c38-27-12-11-26(28(39)35-27)37-29(40)21-10-9-20(15-22(21)30(37)41)31-13-5-1-2-6-14-36-18-19(16-33-36)25-17-32-23-7-3-4-8-24(23)34-25/h3-4,7-10,15-18,26,31H,1-2,5-6,11-14H2,(H,35,38,39). The molecule has 41 heavy (non-hydrogen) atoms. The first-order chi connectivity index (χ1) is 20.0. The van der Waals surface area contributed by atoms with Crippen molar-refractivity contribution in [1.82, 2.24) is 30.0 Å². The molecule has 0 saturated carbocycles. The number of carbonyl (C=O) groups is 4. The van der Waals surface area contributed by atoms with Crippen LogP contribution < -0.4 is 10.6 Å². The number of aryl methyl sites for hydroxylation is 1. The summed E-state index contributed by atoms with van der Waals surface area (Å²) in [5.41, 5.74) is 4.79. The molecule has 1 unspecified atom stereocenters. The molecule has 2 aliphatic heterocycles. The fraction of sp³-hybridized carbons (Fsp3) is 0.300. The van der Waals surface area contributed by atoms with Crippen molar-refractivity contribution >= 4 is 40.3 Å². The van der Waals surface area contributed by atoms with Crippen LogP contribution in [0, 0.1) is 0 Å². The van der Waals surface area contributed by atoms with E-state index in [4.69, 9.17) is 0 Å². The van der Waals surface area contributed by atoms with Gasteiger partial charge in [-0.25, -0.2) is 4.98 Å². The van der Waals surface area contributed by atoms with Crippen molar-refractivity contribution in [1.29, 1.82) is 0 Å². The van der Waals surface area contributed by atoms with E-state index in [9.17, 15) is 19.2 Å². The zero-order valence-electron chi connectivity index (χ0n) is 22.4. The van der Waals surface area contributed by atoms with Crippen LogP contribution in [-0.4, -0.2) is 60.9 Å². The predicted octanol–water partition coefficient (Wildman–Crippen LogP) is 3.57. The van der Waals surface area contributed by atoms with Gasteiger partial charge < -0.3 is 5.32 Å². The summed E-state index contributed by atoms with van der Waals surface area (Å²) in [6.45, 7) is 1.55. The van der Waals surface area contributed by atoms with Crippen LogP contribution >= 0.6 is 0 Å². The zero-order valence-corrected chi connectivity index (χ0v) is 22.4. The number of nitrogens with zero attached hydrogens (tertiary/aromatic N) is 5. The van der Waals surface area contributed by atoms with Gasteiger partial charge in [0.25, 0.3) is 11.8 Å². The first-order valence-electron chi connectivity index (χ1n) is 13.8. The summed E-state index contributed by atoms with van der Waals surface area (Å²) in [4.78, 5) is 59.7. The van der Waals surface area contributed by atoms with E-state index >= 15 is 0 Å². The molecule has 4 heterocycles. The number of aromatic nitrogens is 4. The van der Waals surface area contributed by atoms with Crippen LogP contribution in [0.15, 0.2) is 61.1 Å². The van der Waals surface area contributed by atoms with E-state index in [1.165, 1.54) is 0 Å². The van der Waals surface area contributed by atoms with Crippen molar-refractivity contribution in [2.75, 3.05) is 11.9 Å². The molecule has 11 heteroatoms. The summed E-state index contributed by atoms with van der Waals surface area (Å²) in [5.74, 6) is -2.00. The molecule has 2 aromatic carbocycles. The molecular weight excluding hydrogens is 522 g/mol. The van der Waals surface area contributed by atoms with Crippen molar-refractivity contribution in [2.24, 2.45) is 0 Å². The Morgan fingerprint density at radius 1 is 0.902 bits per heavy atom. The fourth-order valence-corrected chi connectivity index (χ4v) is 5.28. The summed E-state index contributed by atoms with van der Waals surface area (Å²) in [6, 6.07) is 11.9. The minimum absolute atomic E-state index is 0.0973. The molecule has 11 nitrogen and oxygen atoms in total. The molecule has 0 radical (unpaired) electrons. The highest BCUT2D eigenvalue weighted by Crippen LogP contribution is 2.29. The lowest BCUT2D eigenvalue weighted by Crippen LogP contribution is -2.54. The number of amides is 4. The largest absolute Gasteiger partial charge is 0.385 e. The highest BCUT2D eigenvalue weighted by molar-refractivity contribution is 6.23. The lowest BCUT2D eigenvalue weighted by atomic mass is 10.0. The van der Waals surface area contributed by atoms with Crippen molar-refractivity contribution in [3.05, 3.63) is 72.2 Å². The summed E-state index contributed by atoms with van der Waals surface area (Å²) < 4.78 is 1.94. The number of para-hydroxylation sites is 2. The lowest BCUT2D eigenvalue weighted by Gasteiger charge is -2.27. The van der Waals surface area contributed by atoms with Crippen LogP contribution in [0.2, 0.25) is 0 Å². The number of benzene rings is 2. The molecule has 1 atom stereocenters. The highest BCUT2D eigenvalue weighted by Gasteiger charge is 2.44. The molecule has 0 aliphatic carbocycles. The number of unbranched alkanes of at least 4 members (excludes halogenated alkanes) is 3.